The van der Waals surface area contributed by atoms with Crippen molar-refractivity contribution in [3.8, 4) is 0 Å². The SMILES string of the molecule is c1ccc2oc(NC3=NCN(C[C@@H]4CCCO4)CN3)nc2c1. The molecule has 22 heavy (non-hydrogen) atoms. The number of aliphatic imine (C=N–C) groups is 1. The third-order valence-electron chi connectivity index (χ3n) is 3.90. The van der Waals surface area contributed by atoms with Crippen LogP contribution >= 0.6 is 0 Å². The van der Waals surface area contributed by atoms with Gasteiger partial charge in [-0.15, -0.1) is 0 Å². The molecule has 0 saturated carbocycles. The summed E-state index contributed by atoms with van der Waals surface area (Å²) in [6, 6.07) is 8.14. The molecule has 2 aromatic rings. The van der Waals surface area contributed by atoms with Crippen LogP contribution in [0, 0.1) is 0 Å². The summed E-state index contributed by atoms with van der Waals surface area (Å²) in [5, 5.41) is 6.33. The molecule has 0 unspecified atom stereocenters. The van der Waals surface area contributed by atoms with E-state index in [-0.39, 0.29) is 0 Å². The summed E-state index contributed by atoms with van der Waals surface area (Å²) in [4.78, 5) is 11.1. The predicted octanol–water partition coefficient (Wildman–Crippen LogP) is 1.59. The van der Waals surface area contributed by atoms with Crippen molar-refractivity contribution in [1.82, 2.24) is 15.2 Å². The van der Waals surface area contributed by atoms with E-state index in [9.17, 15) is 0 Å². The molecule has 0 radical (unpaired) electrons. The number of anilines is 1. The zero-order chi connectivity index (χ0) is 14.8. The van der Waals surface area contributed by atoms with Crippen LogP contribution in [0.15, 0.2) is 33.7 Å². The van der Waals surface area contributed by atoms with Crippen molar-refractivity contribution in [2.75, 3.05) is 31.8 Å². The number of hydrogen-bond acceptors (Lipinski definition) is 7. The van der Waals surface area contributed by atoms with Gasteiger partial charge in [0.2, 0.25) is 5.96 Å². The van der Waals surface area contributed by atoms with Crippen molar-refractivity contribution in [3.05, 3.63) is 24.3 Å². The minimum atomic E-state index is 0.351. The Kier molecular flexibility index (Phi) is 3.65. The Hall–Kier alpha value is -2.12. The van der Waals surface area contributed by atoms with Gasteiger partial charge < -0.3 is 14.5 Å². The molecule has 116 valence electrons. The number of rotatable bonds is 3. The Bertz CT molecular complexity index is 644. The van der Waals surface area contributed by atoms with Crippen LogP contribution in [0.4, 0.5) is 6.01 Å². The second kappa shape index (κ2) is 5.94. The summed E-state index contributed by atoms with van der Waals surface area (Å²) < 4.78 is 11.3. The van der Waals surface area contributed by atoms with Gasteiger partial charge in [-0.3, -0.25) is 10.2 Å². The van der Waals surface area contributed by atoms with E-state index in [1.165, 1.54) is 6.42 Å². The normalized spacial score (nSPS) is 22.5. The molecule has 1 atom stereocenters. The second-order valence-electron chi connectivity index (χ2n) is 5.58. The van der Waals surface area contributed by atoms with Gasteiger partial charge in [0, 0.05) is 13.2 Å². The molecule has 1 fully saturated rings. The third-order valence-corrected chi connectivity index (χ3v) is 3.90. The molecule has 1 aromatic heterocycles. The standard InChI is InChI=1S/C15H19N5O2/c1-2-6-13-12(5-1)18-15(22-13)19-14-16-9-20(10-17-14)8-11-4-3-7-21-11/h1-2,5-6,11H,3-4,7-10H2,(H2,16,17,18,19)/t11-/m0/s1. The molecular formula is C15H19N5O2. The van der Waals surface area contributed by atoms with Gasteiger partial charge in [0.15, 0.2) is 5.58 Å². The first-order valence-corrected chi connectivity index (χ1v) is 7.62. The average Bonchev–Trinajstić information content (AvgIpc) is 3.18. The molecule has 0 bridgehead atoms. The lowest BCUT2D eigenvalue weighted by molar-refractivity contribution is 0.0715. The summed E-state index contributed by atoms with van der Waals surface area (Å²) in [5.74, 6) is 0.690. The van der Waals surface area contributed by atoms with E-state index in [4.69, 9.17) is 9.15 Å². The molecule has 4 rings (SSSR count). The number of para-hydroxylation sites is 2. The van der Waals surface area contributed by atoms with Crippen molar-refractivity contribution in [2.45, 2.75) is 18.9 Å². The molecule has 0 aliphatic carbocycles. The van der Waals surface area contributed by atoms with Gasteiger partial charge in [-0.2, -0.15) is 4.98 Å². The van der Waals surface area contributed by atoms with Crippen molar-refractivity contribution in [3.63, 3.8) is 0 Å². The summed E-state index contributed by atoms with van der Waals surface area (Å²) in [7, 11) is 0. The zero-order valence-corrected chi connectivity index (χ0v) is 12.3. The molecule has 2 aliphatic rings. The van der Waals surface area contributed by atoms with Crippen molar-refractivity contribution < 1.29 is 9.15 Å². The van der Waals surface area contributed by atoms with Gasteiger partial charge in [-0.25, -0.2) is 4.99 Å². The van der Waals surface area contributed by atoms with E-state index >= 15 is 0 Å². The molecule has 7 heteroatoms. The molecule has 7 nitrogen and oxygen atoms in total. The number of guanidine groups is 1. The predicted molar refractivity (Wildman–Crippen MR) is 83.6 cm³/mol. The van der Waals surface area contributed by atoms with Crippen molar-refractivity contribution in [1.29, 1.82) is 0 Å². The maximum atomic E-state index is 5.65. The topological polar surface area (TPSA) is 74.9 Å². The van der Waals surface area contributed by atoms with Crippen LogP contribution in [0.1, 0.15) is 12.8 Å². The molecule has 0 amide bonds. The number of hydrogen-bond donors (Lipinski definition) is 2. The number of fused-ring (bicyclic) bond motifs is 1. The van der Waals surface area contributed by atoms with Crippen molar-refractivity contribution >= 4 is 23.1 Å². The van der Waals surface area contributed by atoms with Gasteiger partial charge in [0.05, 0.1) is 19.4 Å². The number of aromatic nitrogens is 1. The molecule has 1 saturated heterocycles. The Labute approximate surface area is 128 Å². The lowest BCUT2D eigenvalue weighted by Crippen LogP contribution is -2.47. The monoisotopic (exact) mass is 301 g/mol. The fraction of sp³-hybridized carbons (Fsp3) is 0.467. The number of oxazole rings is 1. The Morgan fingerprint density at radius 3 is 3.09 bits per heavy atom. The highest BCUT2D eigenvalue weighted by Gasteiger charge is 2.21. The fourth-order valence-corrected chi connectivity index (χ4v) is 2.77. The van der Waals surface area contributed by atoms with E-state index in [2.05, 4.69) is 25.5 Å². The van der Waals surface area contributed by atoms with E-state index in [0.717, 1.165) is 37.3 Å². The minimum Gasteiger partial charge on any atom is -0.423 e. The number of benzene rings is 1. The number of ether oxygens (including phenoxy) is 1. The molecular weight excluding hydrogens is 282 g/mol. The number of nitrogens with zero attached hydrogens (tertiary/aromatic N) is 3. The molecule has 2 N–H and O–H groups in total. The Morgan fingerprint density at radius 2 is 2.32 bits per heavy atom. The first-order valence-electron chi connectivity index (χ1n) is 7.62. The largest absolute Gasteiger partial charge is 0.423 e. The summed E-state index contributed by atoms with van der Waals surface area (Å²) >= 11 is 0. The molecule has 2 aliphatic heterocycles. The molecule has 3 heterocycles. The van der Waals surface area contributed by atoms with Crippen LogP contribution in [0.2, 0.25) is 0 Å². The smallest absolute Gasteiger partial charge is 0.302 e. The third kappa shape index (κ3) is 2.90. The van der Waals surface area contributed by atoms with E-state index in [1.54, 1.807) is 0 Å². The van der Waals surface area contributed by atoms with Gasteiger partial charge in [-0.05, 0) is 25.0 Å². The highest BCUT2D eigenvalue weighted by molar-refractivity contribution is 5.93. The van der Waals surface area contributed by atoms with Gasteiger partial charge >= 0.3 is 6.01 Å². The van der Waals surface area contributed by atoms with Gasteiger partial charge in [0.25, 0.3) is 0 Å². The summed E-state index contributed by atoms with van der Waals surface area (Å²) in [6.45, 7) is 3.20. The maximum Gasteiger partial charge on any atom is 0.302 e. The van der Waals surface area contributed by atoms with Crippen LogP contribution in [-0.2, 0) is 4.74 Å². The Balaban J connectivity index is 1.36. The lowest BCUT2D eigenvalue weighted by atomic mass is 10.2. The molecule has 0 spiro atoms. The minimum absolute atomic E-state index is 0.351. The quantitative estimate of drug-likeness (QED) is 0.897. The lowest BCUT2D eigenvalue weighted by Gasteiger charge is -2.28. The maximum absolute atomic E-state index is 5.65. The van der Waals surface area contributed by atoms with Crippen LogP contribution in [-0.4, -0.2) is 48.4 Å². The van der Waals surface area contributed by atoms with E-state index in [0.29, 0.717) is 24.7 Å². The first-order chi connectivity index (χ1) is 10.9. The van der Waals surface area contributed by atoms with Crippen LogP contribution < -0.4 is 10.6 Å². The average molecular weight is 301 g/mol. The van der Waals surface area contributed by atoms with Gasteiger partial charge in [-0.1, -0.05) is 12.1 Å². The summed E-state index contributed by atoms with van der Waals surface area (Å²) in [6.07, 6.45) is 2.66. The summed E-state index contributed by atoms with van der Waals surface area (Å²) in [5.41, 5.74) is 1.60. The van der Waals surface area contributed by atoms with E-state index in [1.807, 2.05) is 24.3 Å². The first kappa shape index (κ1) is 13.5. The van der Waals surface area contributed by atoms with E-state index < -0.39 is 0 Å². The van der Waals surface area contributed by atoms with Crippen LogP contribution in [0.5, 0.6) is 0 Å². The van der Waals surface area contributed by atoms with Gasteiger partial charge in [0.1, 0.15) is 5.52 Å². The van der Waals surface area contributed by atoms with Crippen LogP contribution in [0.25, 0.3) is 11.1 Å². The fourth-order valence-electron chi connectivity index (χ4n) is 2.77. The van der Waals surface area contributed by atoms with Crippen LogP contribution in [0.3, 0.4) is 0 Å². The number of nitrogens with one attached hydrogen (secondary N) is 2. The zero-order valence-electron chi connectivity index (χ0n) is 12.3. The second-order valence-corrected chi connectivity index (χ2v) is 5.58. The molecule has 1 aromatic carbocycles. The highest BCUT2D eigenvalue weighted by Crippen LogP contribution is 2.18. The van der Waals surface area contributed by atoms with Crippen molar-refractivity contribution in [2.24, 2.45) is 4.99 Å². The highest BCUT2D eigenvalue weighted by atomic mass is 16.5. The Morgan fingerprint density at radius 1 is 1.36 bits per heavy atom.